The Morgan fingerprint density at radius 1 is 1.24 bits per heavy atom. The van der Waals surface area contributed by atoms with Gasteiger partial charge in [-0.25, -0.2) is 9.67 Å². The maximum absolute atomic E-state index is 12.7. The van der Waals surface area contributed by atoms with Crippen molar-refractivity contribution in [3.8, 4) is 0 Å². The van der Waals surface area contributed by atoms with Gasteiger partial charge in [0.25, 0.3) is 0 Å². The smallest absolute Gasteiger partial charge is 0.250 e. The molecule has 1 atom stereocenters. The summed E-state index contributed by atoms with van der Waals surface area (Å²) < 4.78 is 1.55. The Morgan fingerprint density at radius 3 is 2.64 bits per heavy atom. The molecule has 0 aliphatic carbocycles. The molecule has 2 aliphatic rings. The van der Waals surface area contributed by atoms with Crippen LogP contribution in [0.2, 0.25) is 0 Å². The Kier molecular flexibility index (Phi) is 3.67. The Balaban J connectivity index is 1.46. The number of likely N-dealkylation sites (tertiary alicyclic amines) is 1. The molecule has 2 amide bonds. The third kappa shape index (κ3) is 2.63. The minimum atomic E-state index is -0.651. The highest BCUT2D eigenvalue weighted by Gasteiger charge is 2.45. The van der Waals surface area contributed by atoms with E-state index >= 15 is 0 Å². The van der Waals surface area contributed by atoms with Crippen LogP contribution in [0.25, 0.3) is 0 Å². The van der Waals surface area contributed by atoms with E-state index in [2.05, 4.69) is 20.7 Å². The lowest BCUT2D eigenvalue weighted by Gasteiger charge is -2.44. The molecule has 2 aromatic rings. The molecule has 0 radical (unpaired) electrons. The topological polar surface area (TPSA) is 92.2 Å². The average Bonchev–Trinajstić information content (AvgIpc) is 3.17. The van der Waals surface area contributed by atoms with Crippen molar-refractivity contribution in [1.82, 2.24) is 19.7 Å². The van der Waals surface area contributed by atoms with Gasteiger partial charge in [-0.1, -0.05) is 12.1 Å². The summed E-state index contributed by atoms with van der Waals surface area (Å²) in [7, 11) is 0. The second-order valence-electron chi connectivity index (χ2n) is 6.58. The number of piperidine rings is 1. The van der Waals surface area contributed by atoms with Gasteiger partial charge in [0, 0.05) is 13.1 Å². The van der Waals surface area contributed by atoms with Crippen LogP contribution < -0.4 is 10.6 Å². The number of carbonyl (C=O) groups excluding carboxylic acids is 2. The standard InChI is InChI=1S/C17H20N6O2/c1-12(23-11-18-10-19-23)15(24)22-8-6-17(7-9-22)16(25)20-13-4-2-3-5-14(13)21-17/h2-5,10-12,21H,6-9H2,1H3,(H,20,25). The van der Waals surface area contributed by atoms with E-state index in [0.717, 1.165) is 11.4 Å². The largest absolute Gasteiger partial charge is 0.369 e. The number of hydrogen-bond acceptors (Lipinski definition) is 5. The van der Waals surface area contributed by atoms with Crippen LogP contribution in [0.5, 0.6) is 0 Å². The number of nitrogens with one attached hydrogen (secondary N) is 2. The summed E-state index contributed by atoms with van der Waals surface area (Å²) >= 11 is 0. The predicted molar refractivity (Wildman–Crippen MR) is 92.0 cm³/mol. The van der Waals surface area contributed by atoms with Crippen LogP contribution in [0.3, 0.4) is 0 Å². The van der Waals surface area contributed by atoms with Crippen LogP contribution in [0.15, 0.2) is 36.9 Å². The first kappa shape index (κ1) is 15.6. The van der Waals surface area contributed by atoms with Crippen molar-refractivity contribution in [1.29, 1.82) is 0 Å². The highest BCUT2D eigenvalue weighted by molar-refractivity contribution is 6.06. The molecule has 130 valence electrons. The number of amides is 2. The molecule has 1 saturated heterocycles. The van der Waals surface area contributed by atoms with Gasteiger partial charge in [-0.3, -0.25) is 9.59 Å². The second kappa shape index (κ2) is 5.87. The van der Waals surface area contributed by atoms with E-state index in [9.17, 15) is 9.59 Å². The number of aromatic nitrogens is 3. The van der Waals surface area contributed by atoms with Gasteiger partial charge in [0.05, 0.1) is 11.4 Å². The lowest BCUT2D eigenvalue weighted by molar-refractivity contribution is -0.137. The molecule has 3 heterocycles. The Labute approximate surface area is 145 Å². The maximum atomic E-state index is 12.7. The van der Waals surface area contributed by atoms with Crippen LogP contribution >= 0.6 is 0 Å². The fourth-order valence-electron chi connectivity index (χ4n) is 3.51. The fraction of sp³-hybridized carbons (Fsp3) is 0.412. The van der Waals surface area contributed by atoms with Crippen molar-refractivity contribution in [3.63, 3.8) is 0 Å². The van der Waals surface area contributed by atoms with Crippen molar-refractivity contribution >= 4 is 23.2 Å². The lowest BCUT2D eigenvalue weighted by atomic mass is 9.84. The van der Waals surface area contributed by atoms with Crippen LogP contribution in [-0.4, -0.2) is 50.1 Å². The molecule has 8 heteroatoms. The van der Waals surface area contributed by atoms with Gasteiger partial charge < -0.3 is 15.5 Å². The summed E-state index contributed by atoms with van der Waals surface area (Å²) in [6.07, 6.45) is 4.11. The van der Waals surface area contributed by atoms with Crippen molar-refractivity contribution in [2.24, 2.45) is 0 Å². The maximum Gasteiger partial charge on any atom is 0.250 e. The summed E-state index contributed by atoms with van der Waals surface area (Å²) in [5.74, 6) is -0.0282. The SMILES string of the molecule is CC(C(=O)N1CCC2(CC1)Nc1ccccc1NC2=O)n1cncn1. The summed E-state index contributed by atoms with van der Waals surface area (Å²) in [5, 5.41) is 10.4. The molecule has 2 N–H and O–H groups in total. The van der Waals surface area contributed by atoms with Gasteiger partial charge in [0.2, 0.25) is 11.8 Å². The molecule has 0 saturated carbocycles. The molecular weight excluding hydrogens is 320 g/mol. The number of fused-ring (bicyclic) bond motifs is 1. The Hall–Kier alpha value is -2.90. The molecule has 2 aliphatic heterocycles. The normalized spacial score (nSPS) is 19.7. The van der Waals surface area contributed by atoms with Crippen LogP contribution in [0.4, 0.5) is 11.4 Å². The van der Waals surface area contributed by atoms with Gasteiger partial charge in [-0.15, -0.1) is 0 Å². The zero-order chi connectivity index (χ0) is 17.4. The Bertz CT molecular complexity index is 795. The summed E-state index contributed by atoms with van der Waals surface area (Å²) in [4.78, 5) is 31.0. The number of anilines is 2. The van der Waals surface area contributed by atoms with E-state index < -0.39 is 11.6 Å². The number of para-hydroxylation sites is 2. The van der Waals surface area contributed by atoms with E-state index in [0.29, 0.717) is 25.9 Å². The van der Waals surface area contributed by atoms with Gasteiger partial charge in [-0.2, -0.15) is 5.10 Å². The van der Waals surface area contributed by atoms with Gasteiger partial charge >= 0.3 is 0 Å². The minimum Gasteiger partial charge on any atom is -0.369 e. The van der Waals surface area contributed by atoms with E-state index in [1.165, 1.54) is 6.33 Å². The first-order valence-corrected chi connectivity index (χ1v) is 8.41. The summed E-state index contributed by atoms with van der Waals surface area (Å²) in [5.41, 5.74) is 1.08. The van der Waals surface area contributed by atoms with Gasteiger partial charge in [0.1, 0.15) is 24.2 Å². The predicted octanol–water partition coefficient (Wildman–Crippen LogP) is 1.26. The molecule has 1 unspecified atom stereocenters. The second-order valence-corrected chi connectivity index (χ2v) is 6.58. The van der Waals surface area contributed by atoms with E-state index in [-0.39, 0.29) is 11.8 Å². The van der Waals surface area contributed by atoms with Gasteiger partial charge in [0.15, 0.2) is 0 Å². The van der Waals surface area contributed by atoms with E-state index in [1.807, 2.05) is 31.2 Å². The van der Waals surface area contributed by atoms with Crippen molar-refractivity contribution in [2.45, 2.75) is 31.3 Å². The highest BCUT2D eigenvalue weighted by atomic mass is 16.2. The number of rotatable bonds is 2. The molecular formula is C17H20N6O2. The van der Waals surface area contributed by atoms with E-state index in [4.69, 9.17) is 0 Å². The number of benzene rings is 1. The average molecular weight is 340 g/mol. The quantitative estimate of drug-likeness (QED) is 0.859. The number of carbonyl (C=O) groups is 2. The number of hydrogen-bond donors (Lipinski definition) is 2. The fourth-order valence-corrected chi connectivity index (χ4v) is 3.51. The van der Waals surface area contributed by atoms with Crippen molar-refractivity contribution in [2.75, 3.05) is 23.7 Å². The third-order valence-corrected chi connectivity index (χ3v) is 5.10. The van der Waals surface area contributed by atoms with Gasteiger partial charge in [-0.05, 0) is 31.9 Å². The summed E-state index contributed by atoms with van der Waals surface area (Å²) in [6, 6.07) is 7.28. The third-order valence-electron chi connectivity index (χ3n) is 5.10. The Morgan fingerprint density at radius 2 is 1.96 bits per heavy atom. The molecule has 1 fully saturated rings. The summed E-state index contributed by atoms with van der Waals surface area (Å²) in [6.45, 7) is 2.87. The minimum absolute atomic E-state index is 0.00281. The molecule has 1 aromatic heterocycles. The highest BCUT2D eigenvalue weighted by Crippen LogP contribution is 2.36. The molecule has 1 spiro atoms. The molecule has 8 nitrogen and oxygen atoms in total. The van der Waals surface area contributed by atoms with Crippen LogP contribution in [0.1, 0.15) is 25.8 Å². The number of nitrogens with zero attached hydrogens (tertiary/aromatic N) is 4. The van der Waals surface area contributed by atoms with E-state index in [1.54, 1.807) is 15.9 Å². The first-order valence-electron chi connectivity index (χ1n) is 8.41. The molecule has 0 bridgehead atoms. The van der Waals surface area contributed by atoms with Crippen molar-refractivity contribution in [3.05, 3.63) is 36.9 Å². The van der Waals surface area contributed by atoms with Crippen molar-refractivity contribution < 1.29 is 9.59 Å². The molecule has 25 heavy (non-hydrogen) atoms. The monoisotopic (exact) mass is 340 g/mol. The van der Waals surface area contributed by atoms with Crippen LogP contribution in [0, 0.1) is 0 Å². The zero-order valence-electron chi connectivity index (χ0n) is 14.0. The lowest BCUT2D eigenvalue weighted by Crippen LogP contribution is -2.59. The first-order chi connectivity index (χ1) is 12.1. The molecule has 1 aromatic carbocycles. The molecule has 4 rings (SSSR count). The van der Waals surface area contributed by atoms with Crippen LogP contribution in [-0.2, 0) is 9.59 Å². The zero-order valence-corrected chi connectivity index (χ0v) is 14.0.